The summed E-state index contributed by atoms with van der Waals surface area (Å²) in [5, 5.41) is 4.14. The van der Waals surface area contributed by atoms with Gasteiger partial charge in [-0.05, 0) is 49.2 Å². The largest absolute Gasteiger partial charge is 0.497 e. The maximum absolute atomic E-state index is 13.2. The second-order valence-electron chi connectivity index (χ2n) is 7.64. The fourth-order valence-electron chi connectivity index (χ4n) is 3.87. The van der Waals surface area contributed by atoms with E-state index in [1.54, 1.807) is 14.0 Å². The molecule has 2 aromatic heterocycles. The maximum Gasteiger partial charge on any atom is 0.311 e. The van der Waals surface area contributed by atoms with Crippen molar-refractivity contribution in [1.82, 2.24) is 14.8 Å². The smallest absolute Gasteiger partial charge is 0.311 e. The number of para-hydroxylation sites is 1. The van der Waals surface area contributed by atoms with Crippen LogP contribution in [-0.2, 0) is 22.4 Å². The third kappa shape index (κ3) is 4.59. The molecule has 0 unspecified atom stereocenters. The predicted molar refractivity (Wildman–Crippen MR) is 128 cm³/mol. The zero-order chi connectivity index (χ0) is 23.4. The average molecular weight is 447 g/mol. The average Bonchev–Trinajstić information content (AvgIpc) is 3.39. The van der Waals surface area contributed by atoms with Crippen LogP contribution in [0.25, 0.3) is 16.6 Å². The Morgan fingerprint density at radius 3 is 2.64 bits per heavy atom. The quantitative estimate of drug-likeness (QED) is 0.320. The fourth-order valence-corrected chi connectivity index (χ4v) is 3.87. The molecule has 0 radical (unpaired) electrons. The van der Waals surface area contributed by atoms with Crippen LogP contribution >= 0.6 is 0 Å². The molecule has 2 aromatic carbocycles. The minimum absolute atomic E-state index is 0.0456. The van der Waals surface area contributed by atoms with Crippen LogP contribution in [0.2, 0.25) is 0 Å². The number of ether oxygens (including phenoxy) is 2. The third-order valence-corrected chi connectivity index (χ3v) is 5.60. The van der Waals surface area contributed by atoms with Crippen LogP contribution in [0.5, 0.6) is 5.75 Å². The Labute approximate surface area is 190 Å². The lowest BCUT2D eigenvalue weighted by atomic mass is 10.1. The summed E-state index contributed by atoms with van der Waals surface area (Å²) < 4.78 is 11.6. The van der Waals surface area contributed by atoms with Gasteiger partial charge in [-0.25, -0.2) is 4.68 Å². The van der Waals surface area contributed by atoms with Crippen LogP contribution in [0.15, 0.2) is 64.5 Å². The molecule has 8 nitrogen and oxygen atoms in total. The van der Waals surface area contributed by atoms with Gasteiger partial charge in [0.25, 0.3) is 5.56 Å². The summed E-state index contributed by atoms with van der Waals surface area (Å²) in [5.74, 6) is 0.363. The Morgan fingerprint density at radius 2 is 1.91 bits per heavy atom. The van der Waals surface area contributed by atoms with Crippen LogP contribution in [0.4, 0.5) is 0 Å². The number of aromatic amines is 2. The molecule has 0 atom stereocenters. The first kappa shape index (κ1) is 22.1. The van der Waals surface area contributed by atoms with Gasteiger partial charge in [0, 0.05) is 29.4 Å². The number of nitrogens with zero attached hydrogens (tertiary/aromatic N) is 2. The molecule has 0 saturated heterocycles. The lowest BCUT2D eigenvalue weighted by molar-refractivity contribution is -0.139. The van der Waals surface area contributed by atoms with Crippen molar-refractivity contribution in [2.24, 2.45) is 4.99 Å². The van der Waals surface area contributed by atoms with E-state index in [0.29, 0.717) is 35.6 Å². The summed E-state index contributed by atoms with van der Waals surface area (Å²) in [6.45, 7) is 2.28. The molecular formula is C25H26N4O4. The molecule has 170 valence electrons. The monoisotopic (exact) mass is 446 g/mol. The highest BCUT2D eigenvalue weighted by molar-refractivity contribution is 6.00. The second kappa shape index (κ2) is 9.60. The number of H-pyrrole nitrogens is 2. The molecule has 0 aliphatic rings. The van der Waals surface area contributed by atoms with Crippen LogP contribution in [0.3, 0.4) is 0 Å². The zero-order valence-electron chi connectivity index (χ0n) is 18.8. The molecular weight excluding hydrogens is 420 g/mol. The van der Waals surface area contributed by atoms with Gasteiger partial charge < -0.3 is 14.5 Å². The summed E-state index contributed by atoms with van der Waals surface area (Å²) in [6.07, 6.45) is 2.61. The zero-order valence-corrected chi connectivity index (χ0v) is 18.8. The van der Waals surface area contributed by atoms with Crippen molar-refractivity contribution < 1.29 is 14.3 Å². The number of methoxy groups -OCH3 is 2. The van der Waals surface area contributed by atoms with Gasteiger partial charge in [-0.15, -0.1) is 0 Å². The topological polar surface area (TPSA) is 101 Å². The van der Waals surface area contributed by atoms with Crippen molar-refractivity contribution in [2.45, 2.75) is 19.8 Å². The van der Waals surface area contributed by atoms with Gasteiger partial charge in [0.15, 0.2) is 0 Å². The third-order valence-electron chi connectivity index (χ3n) is 5.60. The number of carbonyl (C=O) groups is 1. The molecule has 33 heavy (non-hydrogen) atoms. The van der Waals surface area contributed by atoms with Gasteiger partial charge in [-0.2, -0.15) is 0 Å². The summed E-state index contributed by atoms with van der Waals surface area (Å²) in [5.41, 5.74) is 4.02. The number of carbonyl (C=O) groups excluding carboxylic acids is 1. The number of aromatic nitrogens is 3. The van der Waals surface area contributed by atoms with Gasteiger partial charge in [-0.1, -0.05) is 18.2 Å². The first-order valence-electron chi connectivity index (χ1n) is 10.6. The SMILES string of the molecule is COC(=O)Cc1[nH]n(-c2ccccc2)c(=O)c1C(C)=NCCc1c[nH]c2ccc(OC)cc12. The van der Waals surface area contributed by atoms with Crippen LogP contribution in [0, 0.1) is 0 Å². The van der Waals surface area contributed by atoms with E-state index in [1.807, 2.05) is 54.7 Å². The van der Waals surface area contributed by atoms with Gasteiger partial charge in [0.1, 0.15) is 5.75 Å². The minimum Gasteiger partial charge on any atom is -0.497 e. The Hall–Kier alpha value is -4.07. The summed E-state index contributed by atoms with van der Waals surface area (Å²) in [6, 6.07) is 15.1. The number of fused-ring (bicyclic) bond motifs is 1. The molecule has 0 bridgehead atoms. The van der Waals surface area contributed by atoms with Crippen molar-refractivity contribution >= 4 is 22.6 Å². The van der Waals surface area contributed by atoms with Crippen molar-refractivity contribution in [2.75, 3.05) is 20.8 Å². The molecule has 0 amide bonds. The van der Waals surface area contributed by atoms with Crippen molar-refractivity contribution in [3.8, 4) is 11.4 Å². The highest BCUT2D eigenvalue weighted by Crippen LogP contribution is 2.24. The fraction of sp³-hybridized carbons (Fsp3) is 0.240. The van der Waals surface area contributed by atoms with Crippen LogP contribution < -0.4 is 10.3 Å². The van der Waals surface area contributed by atoms with Crippen molar-refractivity contribution in [3.63, 3.8) is 0 Å². The Balaban J connectivity index is 1.63. The van der Waals surface area contributed by atoms with E-state index in [2.05, 4.69) is 15.1 Å². The molecule has 2 N–H and O–H groups in total. The molecule has 0 aliphatic heterocycles. The van der Waals surface area contributed by atoms with Gasteiger partial charge >= 0.3 is 5.97 Å². The molecule has 0 spiro atoms. The van der Waals surface area contributed by atoms with E-state index in [0.717, 1.165) is 22.2 Å². The normalized spacial score (nSPS) is 11.7. The van der Waals surface area contributed by atoms with Crippen molar-refractivity contribution in [3.05, 3.63) is 81.9 Å². The van der Waals surface area contributed by atoms with Crippen molar-refractivity contribution in [1.29, 1.82) is 0 Å². The first-order valence-corrected chi connectivity index (χ1v) is 10.6. The van der Waals surface area contributed by atoms with E-state index >= 15 is 0 Å². The van der Waals surface area contributed by atoms with Gasteiger partial charge in [0.05, 0.1) is 37.6 Å². The lowest BCUT2D eigenvalue weighted by Crippen LogP contribution is -2.20. The van der Waals surface area contributed by atoms with E-state index in [4.69, 9.17) is 9.47 Å². The highest BCUT2D eigenvalue weighted by atomic mass is 16.5. The summed E-state index contributed by atoms with van der Waals surface area (Å²) >= 11 is 0. The number of benzene rings is 2. The molecule has 2 heterocycles. The second-order valence-corrected chi connectivity index (χ2v) is 7.64. The molecule has 0 saturated carbocycles. The predicted octanol–water partition coefficient (Wildman–Crippen LogP) is 3.42. The van der Waals surface area contributed by atoms with Gasteiger partial charge in [-0.3, -0.25) is 19.7 Å². The molecule has 8 heteroatoms. The van der Waals surface area contributed by atoms with Crippen LogP contribution in [-0.4, -0.2) is 47.2 Å². The van der Waals surface area contributed by atoms with Gasteiger partial charge in [0.2, 0.25) is 0 Å². The molecule has 0 aliphatic carbocycles. The van der Waals surface area contributed by atoms with Crippen LogP contribution in [0.1, 0.15) is 23.7 Å². The number of rotatable bonds is 8. The minimum atomic E-state index is -0.432. The first-order chi connectivity index (χ1) is 16.0. The highest BCUT2D eigenvalue weighted by Gasteiger charge is 2.20. The Morgan fingerprint density at radius 1 is 1.12 bits per heavy atom. The number of esters is 1. The Bertz CT molecular complexity index is 1360. The van der Waals surface area contributed by atoms with E-state index in [-0.39, 0.29) is 12.0 Å². The standard InChI is InChI=1S/C25H26N4O4/c1-16(26-12-11-17-15-27-21-10-9-19(32-2)13-20(17)21)24-22(14-23(30)33-3)28-29(25(24)31)18-7-5-4-6-8-18/h4-10,13,15,27-28H,11-12,14H2,1-3H3. The van der Waals surface area contributed by atoms with E-state index < -0.39 is 5.97 Å². The summed E-state index contributed by atoms with van der Waals surface area (Å²) in [7, 11) is 2.97. The maximum atomic E-state index is 13.2. The Kier molecular flexibility index (Phi) is 6.44. The molecule has 4 aromatic rings. The van der Waals surface area contributed by atoms with E-state index in [9.17, 15) is 9.59 Å². The number of nitrogens with one attached hydrogen (secondary N) is 2. The number of hydrogen-bond acceptors (Lipinski definition) is 5. The van der Waals surface area contributed by atoms with E-state index in [1.165, 1.54) is 11.8 Å². The lowest BCUT2D eigenvalue weighted by Gasteiger charge is -2.03. The number of hydrogen-bond donors (Lipinski definition) is 2. The molecule has 0 fully saturated rings. The number of aliphatic imine (C=N–C) groups is 1. The molecule has 4 rings (SSSR count). The summed E-state index contributed by atoms with van der Waals surface area (Å²) in [4.78, 5) is 33.1.